The third kappa shape index (κ3) is 6.10. The van der Waals surface area contributed by atoms with E-state index in [0.29, 0.717) is 11.3 Å². The van der Waals surface area contributed by atoms with E-state index in [4.69, 9.17) is 16.0 Å². The topological polar surface area (TPSA) is 46.6 Å². The number of ether oxygens (including phenoxy) is 2. The zero-order chi connectivity index (χ0) is 48.5. The maximum atomic E-state index is 11.0. The zero-order valence-electron chi connectivity index (χ0n) is 40.0. The number of para-hydroxylation sites is 2. The van der Waals surface area contributed by atoms with Crippen LogP contribution in [0.2, 0.25) is 0 Å². The van der Waals surface area contributed by atoms with Crippen LogP contribution in [-0.2, 0) is 0 Å². The van der Waals surface area contributed by atoms with Crippen LogP contribution in [0.4, 0.5) is 5.69 Å². The summed E-state index contributed by atoms with van der Waals surface area (Å²) in [5.41, 5.74) is 18.6. The van der Waals surface area contributed by atoms with E-state index in [9.17, 15) is 5.26 Å². The number of benzene rings is 12. The molecular weight excluding hydrogens is 877 g/mol. The summed E-state index contributed by atoms with van der Waals surface area (Å²) in [5, 5.41) is 22.1. The summed E-state index contributed by atoms with van der Waals surface area (Å²) in [7, 11) is 0. The second kappa shape index (κ2) is 15.5. The molecule has 12 aromatic carbocycles. The first-order valence-corrected chi connectivity index (χ1v) is 24.4. The van der Waals surface area contributed by atoms with Gasteiger partial charge in [0.15, 0.2) is 5.69 Å². The molecule has 0 amide bonds. The van der Waals surface area contributed by atoms with Crippen molar-refractivity contribution in [1.82, 2.24) is 0 Å². The smallest absolute Gasteiger partial charge is 0.195 e. The van der Waals surface area contributed by atoms with Crippen LogP contribution < -0.4 is 9.47 Å². The van der Waals surface area contributed by atoms with Crippen molar-refractivity contribution in [1.29, 1.82) is 5.26 Å². The van der Waals surface area contributed by atoms with E-state index in [1.54, 1.807) is 0 Å². The van der Waals surface area contributed by atoms with Gasteiger partial charge >= 0.3 is 0 Å². The first kappa shape index (κ1) is 41.5. The highest BCUT2D eigenvalue weighted by Crippen LogP contribution is 2.58. The normalized spacial score (nSPS) is 11.9. The van der Waals surface area contributed by atoms with Gasteiger partial charge in [-0.15, -0.1) is 0 Å². The number of aryl methyl sites for hydroxylation is 4. The molecule has 0 radical (unpaired) electrons. The monoisotopic (exact) mass is 918 g/mol. The molecule has 336 valence electrons. The summed E-state index contributed by atoms with van der Waals surface area (Å²) >= 11 is 0. The van der Waals surface area contributed by atoms with Gasteiger partial charge in [0, 0.05) is 5.56 Å². The van der Waals surface area contributed by atoms with Crippen molar-refractivity contribution in [2.75, 3.05) is 0 Å². The van der Waals surface area contributed by atoms with E-state index in [1.165, 1.54) is 21.9 Å². The lowest BCUT2D eigenvalue weighted by molar-refractivity contribution is 0.483. The molecule has 0 fully saturated rings. The molecule has 0 bridgehead atoms. The summed E-state index contributed by atoms with van der Waals surface area (Å²) in [6.45, 7) is 17.0. The van der Waals surface area contributed by atoms with Crippen LogP contribution in [0.3, 0.4) is 0 Å². The fourth-order valence-corrected chi connectivity index (χ4v) is 11.8. The average molecular weight is 919 g/mol. The maximum Gasteiger partial charge on any atom is 0.195 e. The van der Waals surface area contributed by atoms with Crippen LogP contribution in [0.25, 0.3) is 125 Å². The van der Waals surface area contributed by atoms with Crippen molar-refractivity contribution in [2.45, 2.75) is 27.7 Å². The number of nitrogens with zero attached hydrogens (tertiary/aromatic N) is 2. The highest BCUT2D eigenvalue weighted by molar-refractivity contribution is 6.30. The van der Waals surface area contributed by atoms with Gasteiger partial charge in [0.2, 0.25) is 0 Å². The number of hydrogen-bond donors (Lipinski definition) is 0. The molecule has 0 unspecified atom stereocenters. The molecule has 2 aliphatic carbocycles. The highest BCUT2D eigenvalue weighted by atomic mass is 16.5. The summed E-state index contributed by atoms with van der Waals surface area (Å²) < 4.78 is 13.1. The standard InChI is InChI=1S/C68H42N2O2/c1-37-24-43(36-69)52(25-38(37)2)67-51-23-22-48-53(56(51)35-62-50-21-13-15-42-29-47(31-63(66(42)50)68(62)67)72-45-18-10-7-11-19-45)33-58(60-26-39(3)40(4)27-64(60)70-5)57-34-59-55(32-54(48)57)49-20-12-14-41-28-46(30-61(59)65(41)49)71-44-16-8-6-9-17-44/h6-35H,1-4H3. The Balaban J connectivity index is 1.10. The van der Waals surface area contributed by atoms with Crippen molar-refractivity contribution in [2.24, 2.45) is 0 Å². The van der Waals surface area contributed by atoms with Gasteiger partial charge in [-0.25, -0.2) is 4.85 Å². The minimum Gasteiger partial charge on any atom is -0.457 e. The number of hydrogen-bond acceptors (Lipinski definition) is 3. The lowest BCUT2D eigenvalue weighted by Crippen LogP contribution is -1.96. The van der Waals surface area contributed by atoms with Gasteiger partial charge in [-0.2, -0.15) is 5.26 Å². The van der Waals surface area contributed by atoms with Gasteiger partial charge in [0.25, 0.3) is 0 Å². The maximum absolute atomic E-state index is 11.0. The van der Waals surface area contributed by atoms with Gasteiger partial charge in [0.1, 0.15) is 23.0 Å². The Kier molecular flexibility index (Phi) is 8.94. The molecule has 0 N–H and O–H groups in total. The molecule has 72 heavy (non-hydrogen) atoms. The van der Waals surface area contributed by atoms with E-state index in [-0.39, 0.29) is 0 Å². The predicted molar refractivity (Wildman–Crippen MR) is 297 cm³/mol. The van der Waals surface area contributed by atoms with Gasteiger partial charge in [-0.1, -0.05) is 108 Å². The molecule has 4 heteroatoms. The molecule has 0 heterocycles. The molecule has 4 nitrogen and oxygen atoms in total. The summed E-state index contributed by atoms with van der Waals surface area (Å²) in [6.07, 6.45) is 0. The SMILES string of the molecule is [C-]#[N+]c1cc(C)c(C)cc1-c1cc2c3cc4c(c(-c5cc(C)c(C)cc5C#N)c3ccc2c2cc3c(cc12)-c1cc(Oc2ccccc2)cc2cccc-3c12)-c1cc(Oc2ccccc2)cc2cccc-4c12. The zero-order valence-corrected chi connectivity index (χ0v) is 40.0. The second-order valence-corrected chi connectivity index (χ2v) is 19.5. The number of nitriles is 1. The van der Waals surface area contributed by atoms with E-state index in [0.717, 1.165) is 144 Å². The molecule has 0 spiro atoms. The molecule has 0 saturated carbocycles. The molecule has 0 atom stereocenters. The largest absolute Gasteiger partial charge is 0.457 e. The van der Waals surface area contributed by atoms with Crippen LogP contribution >= 0.6 is 0 Å². The van der Waals surface area contributed by atoms with Gasteiger partial charge in [-0.05, 0) is 239 Å². The van der Waals surface area contributed by atoms with Crippen LogP contribution in [0.5, 0.6) is 23.0 Å². The Hall–Kier alpha value is -9.48. The van der Waals surface area contributed by atoms with Crippen LogP contribution in [0.15, 0.2) is 182 Å². The van der Waals surface area contributed by atoms with E-state index in [2.05, 4.69) is 148 Å². The van der Waals surface area contributed by atoms with Gasteiger partial charge < -0.3 is 9.47 Å². The Morgan fingerprint density at radius 2 is 0.875 bits per heavy atom. The minimum absolute atomic E-state index is 0.620. The summed E-state index contributed by atoms with van der Waals surface area (Å²) in [6, 6.07) is 66.8. The minimum atomic E-state index is 0.620. The molecule has 0 saturated heterocycles. The van der Waals surface area contributed by atoms with Gasteiger partial charge in [0.05, 0.1) is 18.2 Å². The fraction of sp³-hybridized carbons (Fsp3) is 0.0588. The van der Waals surface area contributed by atoms with Crippen molar-refractivity contribution in [3.05, 3.63) is 221 Å². The van der Waals surface area contributed by atoms with E-state index >= 15 is 0 Å². The van der Waals surface area contributed by atoms with E-state index in [1.807, 2.05) is 72.8 Å². The molecule has 0 aliphatic heterocycles. The van der Waals surface area contributed by atoms with Crippen LogP contribution in [0.1, 0.15) is 27.8 Å². The highest BCUT2D eigenvalue weighted by Gasteiger charge is 2.31. The van der Waals surface area contributed by atoms with E-state index < -0.39 is 0 Å². The number of rotatable bonds is 6. The Labute approximate surface area is 417 Å². The average Bonchev–Trinajstić information content (AvgIpc) is 3.89. The van der Waals surface area contributed by atoms with Crippen LogP contribution in [0, 0.1) is 45.6 Å². The second-order valence-electron chi connectivity index (χ2n) is 19.5. The van der Waals surface area contributed by atoms with Crippen molar-refractivity contribution >= 4 is 59.5 Å². The molecular formula is C68H42N2O2. The Morgan fingerprint density at radius 1 is 0.361 bits per heavy atom. The third-order valence-corrected chi connectivity index (χ3v) is 15.4. The fourth-order valence-electron chi connectivity index (χ4n) is 11.8. The first-order valence-electron chi connectivity index (χ1n) is 24.4. The lowest BCUT2D eigenvalue weighted by Gasteiger charge is -2.21. The third-order valence-electron chi connectivity index (χ3n) is 15.4. The molecule has 14 rings (SSSR count). The van der Waals surface area contributed by atoms with Crippen LogP contribution in [-0.4, -0.2) is 0 Å². The van der Waals surface area contributed by atoms with Gasteiger partial charge in [-0.3, -0.25) is 0 Å². The van der Waals surface area contributed by atoms with Crippen molar-refractivity contribution in [3.8, 4) is 95.8 Å². The Bertz CT molecular complexity index is 4500. The number of fused-ring (bicyclic) bond motifs is 11. The first-order chi connectivity index (χ1) is 35.2. The predicted octanol–water partition coefficient (Wildman–Crippen LogP) is 19.3. The van der Waals surface area contributed by atoms with Crippen molar-refractivity contribution < 1.29 is 9.47 Å². The quantitative estimate of drug-likeness (QED) is 0.123. The molecule has 12 aromatic rings. The molecule has 2 aliphatic rings. The van der Waals surface area contributed by atoms with Crippen molar-refractivity contribution in [3.63, 3.8) is 0 Å². The summed E-state index contributed by atoms with van der Waals surface area (Å²) in [5.74, 6) is 3.10. The molecule has 0 aromatic heterocycles. The summed E-state index contributed by atoms with van der Waals surface area (Å²) in [4.78, 5) is 4.19. The Morgan fingerprint density at radius 3 is 1.54 bits per heavy atom. The lowest BCUT2D eigenvalue weighted by atomic mass is 9.82.